The molecule has 0 saturated carbocycles. The van der Waals surface area contributed by atoms with Crippen molar-refractivity contribution in [2.45, 2.75) is 4.90 Å². The number of morpholine rings is 1. The summed E-state index contributed by atoms with van der Waals surface area (Å²) in [6.45, 7) is 1.33. The minimum atomic E-state index is -3.54. The molecule has 9 heteroatoms. The highest BCUT2D eigenvalue weighted by atomic mass is 79.9. The lowest BCUT2D eigenvalue weighted by atomic mass is 10.3. The molecule has 2 aromatic rings. The van der Waals surface area contributed by atoms with Gasteiger partial charge in [-0.15, -0.1) is 0 Å². The Hall–Kier alpha value is -1.94. The molecule has 7 nitrogen and oxygen atoms in total. The Morgan fingerprint density at radius 3 is 2.33 bits per heavy atom. The minimum Gasteiger partial charge on any atom is -0.484 e. The molecular formula is C18H19BrN2O5S. The highest BCUT2D eigenvalue weighted by Gasteiger charge is 2.26. The van der Waals surface area contributed by atoms with Gasteiger partial charge in [-0.25, -0.2) is 8.42 Å². The number of halogens is 1. The van der Waals surface area contributed by atoms with Crippen LogP contribution in [0.2, 0.25) is 0 Å². The van der Waals surface area contributed by atoms with Gasteiger partial charge < -0.3 is 14.8 Å². The first kappa shape index (κ1) is 19.8. The van der Waals surface area contributed by atoms with Crippen LogP contribution in [0.15, 0.2) is 57.9 Å². The zero-order valence-electron chi connectivity index (χ0n) is 14.4. The standard InChI is InChI=1S/C18H19BrN2O5S/c19-14-1-5-16(6-2-14)26-13-18(22)20-15-3-7-17(8-4-15)27(23,24)21-9-11-25-12-10-21/h1-8H,9-13H2,(H,20,22). The number of rotatable bonds is 6. The molecule has 1 aliphatic heterocycles. The number of nitrogens with one attached hydrogen (secondary N) is 1. The van der Waals surface area contributed by atoms with Crippen molar-refractivity contribution in [2.75, 3.05) is 38.2 Å². The van der Waals surface area contributed by atoms with Crippen molar-refractivity contribution in [3.05, 3.63) is 53.0 Å². The topological polar surface area (TPSA) is 84.9 Å². The molecule has 0 unspecified atom stereocenters. The van der Waals surface area contributed by atoms with Crippen molar-refractivity contribution in [1.29, 1.82) is 0 Å². The Morgan fingerprint density at radius 1 is 1.07 bits per heavy atom. The summed E-state index contributed by atoms with van der Waals surface area (Å²) >= 11 is 3.33. The van der Waals surface area contributed by atoms with Crippen LogP contribution < -0.4 is 10.1 Å². The van der Waals surface area contributed by atoms with E-state index in [4.69, 9.17) is 9.47 Å². The number of hydrogen-bond donors (Lipinski definition) is 1. The third-order valence-electron chi connectivity index (χ3n) is 3.93. The van der Waals surface area contributed by atoms with Crippen molar-refractivity contribution in [3.63, 3.8) is 0 Å². The summed E-state index contributed by atoms with van der Waals surface area (Å²) in [6.07, 6.45) is 0. The SMILES string of the molecule is O=C(COc1ccc(Br)cc1)Nc1ccc(S(=O)(=O)N2CCOCC2)cc1. The number of carbonyl (C=O) groups excluding carboxylic acids is 1. The zero-order valence-corrected chi connectivity index (χ0v) is 16.8. The largest absolute Gasteiger partial charge is 0.484 e. The zero-order chi connectivity index (χ0) is 19.3. The second kappa shape index (κ2) is 8.83. The van der Waals surface area contributed by atoms with Gasteiger partial charge in [-0.2, -0.15) is 4.31 Å². The summed E-state index contributed by atoms with van der Waals surface area (Å²) in [6, 6.07) is 13.2. The van der Waals surface area contributed by atoms with E-state index >= 15 is 0 Å². The van der Waals surface area contributed by atoms with Crippen LogP contribution in [-0.2, 0) is 19.6 Å². The van der Waals surface area contributed by atoms with Crippen molar-refractivity contribution in [1.82, 2.24) is 4.31 Å². The van der Waals surface area contributed by atoms with Crippen molar-refractivity contribution in [3.8, 4) is 5.75 Å². The highest BCUT2D eigenvalue weighted by Crippen LogP contribution is 2.20. The number of anilines is 1. The van der Waals surface area contributed by atoms with Crippen LogP contribution in [0.25, 0.3) is 0 Å². The first-order valence-electron chi connectivity index (χ1n) is 8.31. The minimum absolute atomic E-state index is 0.143. The summed E-state index contributed by atoms with van der Waals surface area (Å²) in [5.74, 6) is 0.252. The fourth-order valence-electron chi connectivity index (χ4n) is 2.52. The third kappa shape index (κ3) is 5.29. The van der Waals surface area contributed by atoms with E-state index in [0.29, 0.717) is 37.7 Å². The number of benzene rings is 2. The lowest BCUT2D eigenvalue weighted by Gasteiger charge is -2.26. The molecule has 0 aromatic heterocycles. The summed E-state index contributed by atoms with van der Waals surface area (Å²) in [4.78, 5) is 12.2. The van der Waals surface area contributed by atoms with Gasteiger partial charge in [0.05, 0.1) is 18.1 Å². The van der Waals surface area contributed by atoms with E-state index < -0.39 is 10.0 Å². The highest BCUT2D eigenvalue weighted by molar-refractivity contribution is 9.10. The molecule has 0 bridgehead atoms. The second-order valence-electron chi connectivity index (χ2n) is 5.83. The number of amides is 1. The second-order valence-corrected chi connectivity index (χ2v) is 8.69. The number of nitrogens with zero attached hydrogens (tertiary/aromatic N) is 1. The first-order chi connectivity index (χ1) is 12.9. The van der Waals surface area contributed by atoms with Crippen molar-refractivity contribution in [2.24, 2.45) is 0 Å². The molecule has 144 valence electrons. The fraction of sp³-hybridized carbons (Fsp3) is 0.278. The number of hydrogen-bond acceptors (Lipinski definition) is 5. The van der Waals surface area contributed by atoms with Crippen LogP contribution in [-0.4, -0.2) is 51.5 Å². The van der Waals surface area contributed by atoms with Crippen LogP contribution in [0.3, 0.4) is 0 Å². The maximum Gasteiger partial charge on any atom is 0.262 e. The summed E-state index contributed by atoms with van der Waals surface area (Å²) in [5, 5.41) is 2.68. The molecule has 0 radical (unpaired) electrons. The molecule has 0 spiro atoms. The normalized spacial score (nSPS) is 15.3. The Bertz CT molecular complexity index is 879. The Labute approximate surface area is 166 Å². The lowest BCUT2D eigenvalue weighted by molar-refractivity contribution is -0.118. The fourth-order valence-corrected chi connectivity index (χ4v) is 4.20. The smallest absolute Gasteiger partial charge is 0.262 e. The van der Waals surface area contributed by atoms with E-state index in [-0.39, 0.29) is 17.4 Å². The van der Waals surface area contributed by atoms with E-state index in [9.17, 15) is 13.2 Å². The van der Waals surface area contributed by atoms with Gasteiger partial charge in [-0.1, -0.05) is 15.9 Å². The van der Waals surface area contributed by atoms with Crippen molar-refractivity contribution < 1.29 is 22.7 Å². The van der Waals surface area contributed by atoms with Gasteiger partial charge in [-0.05, 0) is 48.5 Å². The predicted molar refractivity (Wildman–Crippen MR) is 104 cm³/mol. The molecular weight excluding hydrogens is 436 g/mol. The van der Waals surface area contributed by atoms with Gasteiger partial charge in [0.1, 0.15) is 5.75 Å². The van der Waals surface area contributed by atoms with Gasteiger partial charge in [-0.3, -0.25) is 4.79 Å². The molecule has 1 saturated heterocycles. The van der Waals surface area contributed by atoms with Gasteiger partial charge in [0.2, 0.25) is 10.0 Å². The summed E-state index contributed by atoms with van der Waals surface area (Å²) < 4.78 is 38.0. The van der Waals surface area contributed by atoms with E-state index in [0.717, 1.165) is 4.47 Å². The summed E-state index contributed by atoms with van der Waals surface area (Å²) in [7, 11) is -3.54. The Morgan fingerprint density at radius 2 is 1.70 bits per heavy atom. The van der Waals surface area contributed by atoms with Crippen LogP contribution >= 0.6 is 15.9 Å². The van der Waals surface area contributed by atoms with Gasteiger partial charge in [0, 0.05) is 23.2 Å². The van der Waals surface area contributed by atoms with Gasteiger partial charge in [0.15, 0.2) is 6.61 Å². The molecule has 0 aliphatic carbocycles. The maximum absolute atomic E-state index is 12.6. The number of sulfonamides is 1. The number of ether oxygens (including phenoxy) is 2. The third-order valence-corrected chi connectivity index (χ3v) is 6.37. The molecule has 2 aromatic carbocycles. The molecule has 0 atom stereocenters. The monoisotopic (exact) mass is 454 g/mol. The van der Waals surface area contributed by atoms with Crippen LogP contribution in [0.5, 0.6) is 5.75 Å². The van der Waals surface area contributed by atoms with Crippen LogP contribution in [0, 0.1) is 0 Å². The lowest BCUT2D eigenvalue weighted by Crippen LogP contribution is -2.40. The average Bonchev–Trinajstić information content (AvgIpc) is 2.69. The van der Waals surface area contributed by atoms with Crippen LogP contribution in [0.1, 0.15) is 0 Å². The van der Waals surface area contributed by atoms with Crippen molar-refractivity contribution >= 4 is 37.5 Å². The van der Waals surface area contributed by atoms with E-state index in [1.54, 1.807) is 24.3 Å². The molecule has 1 heterocycles. The molecule has 1 fully saturated rings. The maximum atomic E-state index is 12.6. The van der Waals surface area contributed by atoms with E-state index in [2.05, 4.69) is 21.2 Å². The average molecular weight is 455 g/mol. The molecule has 1 N–H and O–H groups in total. The molecule has 3 rings (SSSR count). The van der Waals surface area contributed by atoms with E-state index in [1.165, 1.54) is 16.4 Å². The Balaban J connectivity index is 1.56. The van der Waals surface area contributed by atoms with E-state index in [1.807, 2.05) is 12.1 Å². The quantitative estimate of drug-likeness (QED) is 0.724. The molecule has 1 aliphatic rings. The molecule has 1 amide bonds. The van der Waals surface area contributed by atoms with Gasteiger partial charge >= 0.3 is 0 Å². The van der Waals surface area contributed by atoms with Crippen LogP contribution in [0.4, 0.5) is 5.69 Å². The number of carbonyl (C=O) groups is 1. The summed E-state index contributed by atoms with van der Waals surface area (Å²) in [5.41, 5.74) is 0.500. The predicted octanol–water partition coefficient (Wildman–Crippen LogP) is 2.49. The van der Waals surface area contributed by atoms with Gasteiger partial charge in [0.25, 0.3) is 5.91 Å². The Kier molecular flexibility index (Phi) is 6.48. The molecule has 27 heavy (non-hydrogen) atoms. The first-order valence-corrected chi connectivity index (χ1v) is 10.5.